The minimum atomic E-state index is -3.56. The maximum absolute atomic E-state index is 11.8. The minimum absolute atomic E-state index is 0.00776. The third-order valence-electron chi connectivity index (χ3n) is 2.55. The fraction of sp³-hybridized carbons (Fsp3) is 0.900. The largest absolute Gasteiger partial charge is 0.480 e. The van der Waals surface area contributed by atoms with Crippen LogP contribution in [-0.4, -0.2) is 75.5 Å². The number of nitrogens with one attached hydrogen (secondary N) is 1. The molecule has 0 rings (SSSR count). The van der Waals surface area contributed by atoms with Crippen molar-refractivity contribution in [3.05, 3.63) is 0 Å². The fourth-order valence-electron chi connectivity index (χ4n) is 1.31. The summed E-state index contributed by atoms with van der Waals surface area (Å²) in [6.07, 6.45) is 0.777. The van der Waals surface area contributed by atoms with Gasteiger partial charge in [-0.15, -0.1) is 0 Å². The van der Waals surface area contributed by atoms with E-state index < -0.39 is 22.2 Å². The van der Waals surface area contributed by atoms with E-state index in [9.17, 15) is 13.2 Å². The zero-order valence-electron chi connectivity index (χ0n) is 11.7. The second-order valence-electron chi connectivity index (χ2n) is 4.61. The van der Waals surface area contributed by atoms with Crippen LogP contribution in [0.4, 0.5) is 0 Å². The zero-order chi connectivity index (χ0) is 15.1. The molecule has 0 aromatic rings. The van der Waals surface area contributed by atoms with Gasteiger partial charge < -0.3 is 15.7 Å². The molecular formula is C10H24N4O4S. The Morgan fingerprint density at radius 3 is 2.37 bits per heavy atom. The number of rotatable bonds is 10. The molecule has 9 heteroatoms. The molecule has 0 aromatic heterocycles. The molecule has 0 fully saturated rings. The second-order valence-corrected chi connectivity index (χ2v) is 6.47. The second kappa shape index (κ2) is 8.43. The molecule has 0 unspecified atom stereocenters. The lowest BCUT2D eigenvalue weighted by Gasteiger charge is -2.19. The van der Waals surface area contributed by atoms with Gasteiger partial charge in [-0.1, -0.05) is 0 Å². The Morgan fingerprint density at radius 2 is 1.89 bits per heavy atom. The highest BCUT2D eigenvalue weighted by atomic mass is 32.2. The number of hydrogen-bond acceptors (Lipinski definition) is 5. The molecule has 4 N–H and O–H groups in total. The lowest BCUT2D eigenvalue weighted by atomic mass is 10.2. The van der Waals surface area contributed by atoms with Crippen molar-refractivity contribution in [2.24, 2.45) is 5.73 Å². The summed E-state index contributed by atoms with van der Waals surface area (Å²) in [5.74, 6) is -1.14. The first-order chi connectivity index (χ1) is 8.66. The Bertz CT molecular complexity index is 372. The van der Waals surface area contributed by atoms with Gasteiger partial charge in [0.15, 0.2) is 0 Å². The molecule has 0 amide bonds. The van der Waals surface area contributed by atoms with Gasteiger partial charge in [0.1, 0.15) is 6.04 Å². The molecule has 0 aliphatic rings. The number of carbonyl (C=O) groups is 1. The third kappa shape index (κ3) is 8.11. The highest BCUT2D eigenvalue weighted by molar-refractivity contribution is 7.87. The summed E-state index contributed by atoms with van der Waals surface area (Å²) in [6.45, 7) is 1.20. The van der Waals surface area contributed by atoms with Crippen molar-refractivity contribution in [2.75, 3.05) is 40.8 Å². The van der Waals surface area contributed by atoms with Crippen LogP contribution in [0.15, 0.2) is 0 Å². The summed E-state index contributed by atoms with van der Waals surface area (Å²) in [7, 11) is 1.75. The molecule has 114 valence electrons. The molecule has 0 heterocycles. The van der Waals surface area contributed by atoms with E-state index in [2.05, 4.69) is 4.72 Å². The Kier molecular flexibility index (Phi) is 8.11. The molecule has 19 heavy (non-hydrogen) atoms. The smallest absolute Gasteiger partial charge is 0.320 e. The lowest BCUT2D eigenvalue weighted by Crippen LogP contribution is -2.42. The van der Waals surface area contributed by atoms with Gasteiger partial charge >= 0.3 is 5.97 Å². The standard InChI is InChI=1S/C10H24N4O4S/c1-13(2)7-4-8-14(3)19(17,18)12-6-5-9(11)10(15)16/h9,12H,4-8,11H2,1-3H3,(H,15,16)/t9-/m0/s1. The number of nitrogens with two attached hydrogens (primary N) is 1. The number of hydrogen-bond donors (Lipinski definition) is 3. The topological polar surface area (TPSA) is 116 Å². The van der Waals surface area contributed by atoms with Gasteiger partial charge in [-0.05, 0) is 33.5 Å². The van der Waals surface area contributed by atoms with Crippen molar-refractivity contribution < 1.29 is 18.3 Å². The fourth-order valence-corrected chi connectivity index (χ4v) is 2.27. The highest BCUT2D eigenvalue weighted by Crippen LogP contribution is 1.97. The number of carboxylic acid groups (broad SMARTS) is 1. The highest BCUT2D eigenvalue weighted by Gasteiger charge is 2.18. The van der Waals surface area contributed by atoms with Crippen LogP contribution in [0, 0.1) is 0 Å². The summed E-state index contributed by atoms with van der Waals surface area (Å²) >= 11 is 0. The summed E-state index contributed by atoms with van der Waals surface area (Å²) in [6, 6.07) is -1.05. The van der Waals surface area contributed by atoms with Crippen LogP contribution in [-0.2, 0) is 15.0 Å². The number of nitrogens with zero attached hydrogens (tertiary/aromatic N) is 2. The minimum Gasteiger partial charge on any atom is -0.480 e. The van der Waals surface area contributed by atoms with Gasteiger partial charge in [-0.2, -0.15) is 12.7 Å². The van der Waals surface area contributed by atoms with Crippen LogP contribution in [0.5, 0.6) is 0 Å². The van der Waals surface area contributed by atoms with E-state index in [1.165, 1.54) is 11.4 Å². The molecule has 0 aliphatic carbocycles. The average Bonchev–Trinajstić information content (AvgIpc) is 2.27. The first kappa shape index (κ1) is 18.3. The van der Waals surface area contributed by atoms with E-state index in [-0.39, 0.29) is 13.0 Å². The monoisotopic (exact) mass is 296 g/mol. The lowest BCUT2D eigenvalue weighted by molar-refractivity contribution is -0.138. The van der Waals surface area contributed by atoms with Crippen molar-refractivity contribution in [1.82, 2.24) is 13.9 Å². The Balaban J connectivity index is 4.05. The van der Waals surface area contributed by atoms with E-state index in [1.54, 1.807) is 0 Å². The maximum atomic E-state index is 11.8. The third-order valence-corrected chi connectivity index (χ3v) is 4.12. The van der Waals surface area contributed by atoms with Gasteiger partial charge in [0.05, 0.1) is 0 Å². The molecule has 1 atom stereocenters. The van der Waals surface area contributed by atoms with E-state index >= 15 is 0 Å². The van der Waals surface area contributed by atoms with Crippen LogP contribution in [0.2, 0.25) is 0 Å². The van der Waals surface area contributed by atoms with Crippen LogP contribution >= 0.6 is 0 Å². The van der Waals surface area contributed by atoms with Crippen molar-refractivity contribution in [3.8, 4) is 0 Å². The van der Waals surface area contributed by atoms with E-state index in [4.69, 9.17) is 10.8 Å². The predicted molar refractivity (Wildman–Crippen MR) is 73.0 cm³/mol. The van der Waals surface area contributed by atoms with Gasteiger partial charge in [0, 0.05) is 20.1 Å². The Hall–Kier alpha value is -0.740. The molecule has 0 aromatic carbocycles. The SMILES string of the molecule is CN(C)CCCN(C)S(=O)(=O)NCC[C@H](N)C(=O)O. The molecule has 0 saturated heterocycles. The molecule has 0 radical (unpaired) electrons. The number of aliphatic carboxylic acids is 1. The van der Waals surface area contributed by atoms with Crippen molar-refractivity contribution in [3.63, 3.8) is 0 Å². The van der Waals surface area contributed by atoms with Crippen molar-refractivity contribution >= 4 is 16.2 Å². The Morgan fingerprint density at radius 1 is 1.32 bits per heavy atom. The summed E-state index contributed by atoms with van der Waals surface area (Å²) in [5.41, 5.74) is 5.28. The summed E-state index contributed by atoms with van der Waals surface area (Å²) < 4.78 is 27.1. The van der Waals surface area contributed by atoms with Crippen molar-refractivity contribution in [2.45, 2.75) is 18.9 Å². The van der Waals surface area contributed by atoms with Gasteiger partial charge in [-0.25, -0.2) is 4.72 Å². The van der Waals surface area contributed by atoms with Crippen LogP contribution in [0.3, 0.4) is 0 Å². The first-order valence-corrected chi connectivity index (χ1v) is 7.45. The quantitative estimate of drug-likeness (QED) is 0.452. The molecule has 0 aliphatic heterocycles. The normalized spacial score (nSPS) is 14.0. The maximum Gasteiger partial charge on any atom is 0.320 e. The molecule has 0 bridgehead atoms. The number of carboxylic acids is 1. The van der Waals surface area contributed by atoms with E-state index in [0.717, 1.165) is 13.0 Å². The van der Waals surface area contributed by atoms with Crippen molar-refractivity contribution in [1.29, 1.82) is 0 Å². The predicted octanol–water partition coefficient (Wildman–Crippen LogP) is -1.49. The van der Waals surface area contributed by atoms with E-state index in [0.29, 0.717) is 6.54 Å². The van der Waals surface area contributed by atoms with Crippen LogP contribution in [0.1, 0.15) is 12.8 Å². The van der Waals surface area contributed by atoms with Gasteiger partial charge in [-0.3, -0.25) is 4.79 Å². The van der Waals surface area contributed by atoms with Gasteiger partial charge in [0.25, 0.3) is 10.2 Å². The first-order valence-electron chi connectivity index (χ1n) is 6.01. The van der Waals surface area contributed by atoms with Crippen LogP contribution in [0.25, 0.3) is 0 Å². The van der Waals surface area contributed by atoms with Crippen LogP contribution < -0.4 is 10.5 Å². The average molecular weight is 296 g/mol. The molecular weight excluding hydrogens is 272 g/mol. The molecule has 0 saturated carbocycles. The van der Waals surface area contributed by atoms with Gasteiger partial charge in [0.2, 0.25) is 0 Å². The zero-order valence-corrected chi connectivity index (χ0v) is 12.5. The summed E-state index contributed by atoms with van der Waals surface area (Å²) in [4.78, 5) is 12.4. The molecule has 8 nitrogen and oxygen atoms in total. The summed E-state index contributed by atoms with van der Waals surface area (Å²) in [5, 5.41) is 8.57. The van der Waals surface area contributed by atoms with E-state index in [1.807, 2.05) is 19.0 Å². The Labute approximate surface area is 114 Å². The molecule has 0 spiro atoms.